The molecule has 0 saturated heterocycles. The maximum atomic E-state index is 6.18. The zero-order valence-electron chi connectivity index (χ0n) is 12.4. The third-order valence-corrected chi connectivity index (χ3v) is 4.39. The van der Waals surface area contributed by atoms with Crippen molar-refractivity contribution in [1.82, 2.24) is 9.97 Å². The largest absolute Gasteiger partial charge is 0.367 e. The van der Waals surface area contributed by atoms with E-state index in [-0.39, 0.29) is 0 Å². The molecule has 1 aliphatic rings. The summed E-state index contributed by atoms with van der Waals surface area (Å²) in [7, 11) is 0. The molecular formula is C16H18Cl2N4. The number of rotatable bonds is 4. The average molecular weight is 337 g/mol. The lowest BCUT2D eigenvalue weighted by Gasteiger charge is -2.15. The van der Waals surface area contributed by atoms with Crippen LogP contribution >= 0.6 is 23.2 Å². The van der Waals surface area contributed by atoms with Crippen LogP contribution in [0.2, 0.25) is 10.0 Å². The lowest BCUT2D eigenvalue weighted by molar-refractivity contribution is 0.749. The molecule has 3 rings (SSSR count). The second-order valence-electron chi connectivity index (χ2n) is 5.57. The first-order valence-electron chi connectivity index (χ1n) is 7.45. The van der Waals surface area contributed by atoms with Crippen LogP contribution in [0.4, 0.5) is 17.5 Å². The van der Waals surface area contributed by atoms with Crippen LogP contribution in [-0.2, 0) is 0 Å². The maximum Gasteiger partial charge on any atom is 0.229 e. The average Bonchev–Trinajstić information content (AvgIpc) is 2.95. The van der Waals surface area contributed by atoms with Gasteiger partial charge in [0.2, 0.25) is 5.95 Å². The summed E-state index contributed by atoms with van der Waals surface area (Å²) in [6.45, 7) is 1.95. The van der Waals surface area contributed by atoms with Crippen molar-refractivity contribution >= 4 is 40.7 Å². The summed E-state index contributed by atoms with van der Waals surface area (Å²) in [4.78, 5) is 8.93. The van der Waals surface area contributed by atoms with Gasteiger partial charge in [-0.25, -0.2) is 4.98 Å². The molecule has 0 radical (unpaired) electrons. The van der Waals surface area contributed by atoms with Crippen LogP contribution in [0, 0.1) is 6.92 Å². The van der Waals surface area contributed by atoms with E-state index in [2.05, 4.69) is 20.6 Å². The monoisotopic (exact) mass is 336 g/mol. The van der Waals surface area contributed by atoms with Crippen molar-refractivity contribution in [3.8, 4) is 0 Å². The summed E-state index contributed by atoms with van der Waals surface area (Å²) < 4.78 is 0. The van der Waals surface area contributed by atoms with Gasteiger partial charge in [0.25, 0.3) is 0 Å². The zero-order chi connectivity index (χ0) is 15.5. The molecule has 2 aromatic rings. The van der Waals surface area contributed by atoms with Crippen molar-refractivity contribution in [3.63, 3.8) is 0 Å². The first kappa shape index (κ1) is 15.4. The number of halogens is 2. The molecular weight excluding hydrogens is 319 g/mol. The standard InChI is InChI=1S/C16H18Cl2N4/c1-10-9-14(20-11-5-2-3-6-11)21-16(19-10)22-15-12(17)7-4-8-13(15)18/h4,7-9,11H,2-3,5-6H2,1H3,(H2,19,20,21,22). The van der Waals surface area contributed by atoms with Crippen molar-refractivity contribution in [2.45, 2.75) is 38.6 Å². The molecule has 22 heavy (non-hydrogen) atoms. The van der Waals surface area contributed by atoms with Gasteiger partial charge in [-0.1, -0.05) is 42.1 Å². The Bertz CT molecular complexity index is 649. The van der Waals surface area contributed by atoms with Crippen molar-refractivity contribution in [3.05, 3.63) is 40.0 Å². The molecule has 0 aliphatic heterocycles. The van der Waals surface area contributed by atoms with Crippen LogP contribution in [0.3, 0.4) is 0 Å². The zero-order valence-corrected chi connectivity index (χ0v) is 13.9. The smallest absolute Gasteiger partial charge is 0.229 e. The minimum atomic E-state index is 0.496. The number of aromatic nitrogens is 2. The van der Waals surface area contributed by atoms with Gasteiger partial charge in [0.1, 0.15) is 5.82 Å². The van der Waals surface area contributed by atoms with Gasteiger partial charge in [0.05, 0.1) is 15.7 Å². The summed E-state index contributed by atoms with van der Waals surface area (Å²) in [5, 5.41) is 7.69. The number of hydrogen-bond acceptors (Lipinski definition) is 4. The van der Waals surface area contributed by atoms with Gasteiger partial charge >= 0.3 is 0 Å². The molecule has 2 N–H and O–H groups in total. The Morgan fingerprint density at radius 3 is 2.45 bits per heavy atom. The quantitative estimate of drug-likeness (QED) is 0.806. The van der Waals surface area contributed by atoms with Gasteiger partial charge in [-0.3, -0.25) is 0 Å². The minimum Gasteiger partial charge on any atom is -0.367 e. The lowest BCUT2D eigenvalue weighted by atomic mass is 10.2. The van der Waals surface area contributed by atoms with Crippen LogP contribution < -0.4 is 10.6 Å². The van der Waals surface area contributed by atoms with Crippen LogP contribution in [0.15, 0.2) is 24.3 Å². The van der Waals surface area contributed by atoms with E-state index in [0.717, 1.165) is 11.5 Å². The Hall–Kier alpha value is -1.52. The fourth-order valence-corrected chi connectivity index (χ4v) is 3.20. The summed E-state index contributed by atoms with van der Waals surface area (Å²) in [6.07, 6.45) is 4.95. The summed E-state index contributed by atoms with van der Waals surface area (Å²) in [5.74, 6) is 1.33. The molecule has 1 aromatic heterocycles. The molecule has 1 saturated carbocycles. The van der Waals surface area contributed by atoms with Crippen molar-refractivity contribution < 1.29 is 0 Å². The van der Waals surface area contributed by atoms with E-state index < -0.39 is 0 Å². The fourth-order valence-electron chi connectivity index (χ4n) is 2.71. The van der Waals surface area contributed by atoms with Crippen LogP contribution in [0.25, 0.3) is 0 Å². The van der Waals surface area contributed by atoms with Gasteiger partial charge in [0, 0.05) is 17.8 Å². The number of hydrogen-bond donors (Lipinski definition) is 2. The molecule has 0 atom stereocenters. The predicted molar refractivity (Wildman–Crippen MR) is 92.4 cm³/mol. The van der Waals surface area contributed by atoms with E-state index in [1.807, 2.05) is 13.0 Å². The SMILES string of the molecule is Cc1cc(NC2CCCC2)nc(Nc2c(Cl)cccc2Cl)n1. The predicted octanol–water partition coefficient (Wildman–Crippen LogP) is 5.19. The number of anilines is 3. The lowest BCUT2D eigenvalue weighted by Crippen LogP contribution is -2.16. The Balaban J connectivity index is 1.82. The molecule has 1 aromatic carbocycles. The third kappa shape index (κ3) is 3.62. The highest BCUT2D eigenvalue weighted by atomic mass is 35.5. The van der Waals surface area contributed by atoms with Gasteiger partial charge in [0.15, 0.2) is 0 Å². The van der Waals surface area contributed by atoms with Gasteiger partial charge < -0.3 is 10.6 Å². The van der Waals surface area contributed by atoms with Gasteiger partial charge in [-0.2, -0.15) is 4.98 Å². The van der Waals surface area contributed by atoms with E-state index in [9.17, 15) is 0 Å². The van der Waals surface area contributed by atoms with Crippen molar-refractivity contribution in [2.24, 2.45) is 0 Å². The summed E-state index contributed by atoms with van der Waals surface area (Å²) >= 11 is 12.4. The topological polar surface area (TPSA) is 49.8 Å². The Morgan fingerprint density at radius 1 is 1.09 bits per heavy atom. The number of aryl methyl sites for hydroxylation is 1. The molecule has 4 nitrogen and oxygen atoms in total. The Labute approximate surface area is 140 Å². The maximum absolute atomic E-state index is 6.18. The molecule has 1 aliphatic carbocycles. The summed E-state index contributed by atoms with van der Waals surface area (Å²) in [5.41, 5.74) is 1.52. The van der Waals surface area contributed by atoms with E-state index in [4.69, 9.17) is 23.2 Å². The first-order chi connectivity index (χ1) is 10.6. The van der Waals surface area contributed by atoms with Crippen molar-refractivity contribution in [2.75, 3.05) is 10.6 Å². The molecule has 0 unspecified atom stereocenters. The number of nitrogens with one attached hydrogen (secondary N) is 2. The fraction of sp³-hybridized carbons (Fsp3) is 0.375. The van der Waals surface area contributed by atoms with Crippen LogP contribution in [0.5, 0.6) is 0 Å². The second-order valence-corrected chi connectivity index (χ2v) is 6.38. The number of para-hydroxylation sites is 1. The van der Waals surface area contributed by atoms with E-state index >= 15 is 0 Å². The van der Waals surface area contributed by atoms with E-state index in [1.54, 1.807) is 18.2 Å². The van der Waals surface area contributed by atoms with E-state index in [1.165, 1.54) is 25.7 Å². The van der Waals surface area contributed by atoms with Crippen LogP contribution in [-0.4, -0.2) is 16.0 Å². The molecule has 1 fully saturated rings. The van der Waals surface area contributed by atoms with Crippen LogP contribution in [0.1, 0.15) is 31.4 Å². The van der Waals surface area contributed by atoms with E-state index in [0.29, 0.717) is 27.7 Å². The normalized spacial score (nSPS) is 15.0. The molecule has 6 heteroatoms. The van der Waals surface area contributed by atoms with Crippen molar-refractivity contribution in [1.29, 1.82) is 0 Å². The molecule has 116 valence electrons. The van der Waals surface area contributed by atoms with Gasteiger partial charge in [-0.15, -0.1) is 0 Å². The third-order valence-electron chi connectivity index (χ3n) is 3.76. The number of benzene rings is 1. The highest BCUT2D eigenvalue weighted by molar-refractivity contribution is 6.39. The Morgan fingerprint density at radius 2 is 1.77 bits per heavy atom. The molecule has 0 spiro atoms. The highest BCUT2D eigenvalue weighted by Gasteiger charge is 2.16. The Kier molecular flexibility index (Phi) is 4.69. The van der Waals surface area contributed by atoms with Gasteiger partial charge in [-0.05, 0) is 31.9 Å². The highest BCUT2D eigenvalue weighted by Crippen LogP contribution is 2.32. The minimum absolute atomic E-state index is 0.496. The number of nitrogens with zero attached hydrogens (tertiary/aromatic N) is 2. The molecule has 1 heterocycles. The summed E-state index contributed by atoms with van der Waals surface area (Å²) in [6, 6.07) is 7.83. The molecule has 0 bridgehead atoms. The first-order valence-corrected chi connectivity index (χ1v) is 8.20. The molecule has 0 amide bonds. The second kappa shape index (κ2) is 6.71.